The van der Waals surface area contributed by atoms with E-state index in [9.17, 15) is 18.0 Å². The van der Waals surface area contributed by atoms with Gasteiger partial charge in [0.15, 0.2) is 0 Å². The maximum absolute atomic E-state index is 12.9. The number of alkyl halides is 3. The normalized spacial score (nSPS) is 18.1. The largest absolute Gasteiger partial charge is 0.416 e. The Morgan fingerprint density at radius 1 is 1.04 bits per heavy atom. The fraction of sp³-hybridized carbons (Fsp3) is 0.429. The molecule has 1 aromatic heterocycles. The van der Waals surface area contributed by atoms with Gasteiger partial charge < -0.3 is 9.80 Å². The quantitative estimate of drug-likeness (QED) is 0.782. The van der Waals surface area contributed by atoms with E-state index in [1.165, 1.54) is 17.3 Å². The van der Waals surface area contributed by atoms with Crippen molar-refractivity contribution in [2.45, 2.75) is 32.0 Å². The molecule has 1 amide bonds. The molecule has 3 heterocycles. The standard InChI is InChI=1S/C21H22F3N3O/c22-21(23,24)18-5-9-25-19(13-18)26-10-7-16(8-11-26)20(28)27-12-6-15-3-1-2-4-17(15)14-27/h1-5,9,13,16H,6-8,10-12,14H2. The van der Waals surface area contributed by atoms with Gasteiger partial charge in [-0.15, -0.1) is 0 Å². The molecule has 0 saturated carbocycles. The van der Waals surface area contributed by atoms with Crippen LogP contribution >= 0.6 is 0 Å². The van der Waals surface area contributed by atoms with Crippen molar-refractivity contribution < 1.29 is 18.0 Å². The lowest BCUT2D eigenvalue weighted by molar-refractivity contribution is -0.138. The highest BCUT2D eigenvalue weighted by molar-refractivity contribution is 5.79. The zero-order valence-corrected chi connectivity index (χ0v) is 15.5. The fourth-order valence-electron chi connectivity index (χ4n) is 4.07. The number of carbonyl (C=O) groups is 1. The number of piperidine rings is 1. The number of anilines is 1. The summed E-state index contributed by atoms with van der Waals surface area (Å²) in [5, 5.41) is 0. The van der Waals surface area contributed by atoms with E-state index in [1.807, 2.05) is 21.9 Å². The molecule has 4 nitrogen and oxygen atoms in total. The molecule has 148 valence electrons. The molecule has 0 aliphatic carbocycles. The van der Waals surface area contributed by atoms with Crippen molar-refractivity contribution in [3.05, 3.63) is 59.3 Å². The van der Waals surface area contributed by atoms with Crippen LogP contribution in [0.5, 0.6) is 0 Å². The molecular weight excluding hydrogens is 367 g/mol. The summed E-state index contributed by atoms with van der Waals surface area (Å²) in [6.45, 7) is 2.44. The number of hydrogen-bond donors (Lipinski definition) is 0. The van der Waals surface area contributed by atoms with Crippen LogP contribution in [0, 0.1) is 5.92 Å². The van der Waals surface area contributed by atoms with Crippen LogP contribution < -0.4 is 4.90 Å². The van der Waals surface area contributed by atoms with Gasteiger partial charge in [-0.1, -0.05) is 24.3 Å². The average Bonchev–Trinajstić information content (AvgIpc) is 2.72. The maximum Gasteiger partial charge on any atom is 0.416 e. The van der Waals surface area contributed by atoms with Crippen LogP contribution in [0.2, 0.25) is 0 Å². The predicted octanol–water partition coefficient (Wildman–Crippen LogP) is 3.90. The Kier molecular flexibility index (Phi) is 5.00. The molecule has 0 N–H and O–H groups in total. The van der Waals surface area contributed by atoms with E-state index in [2.05, 4.69) is 17.1 Å². The van der Waals surface area contributed by atoms with E-state index in [1.54, 1.807) is 0 Å². The van der Waals surface area contributed by atoms with E-state index in [-0.39, 0.29) is 11.8 Å². The Balaban J connectivity index is 1.38. The number of amides is 1. The van der Waals surface area contributed by atoms with Crippen molar-refractivity contribution in [3.8, 4) is 0 Å². The monoisotopic (exact) mass is 389 g/mol. The van der Waals surface area contributed by atoms with Crippen molar-refractivity contribution in [2.75, 3.05) is 24.5 Å². The first kappa shape index (κ1) is 18.8. The van der Waals surface area contributed by atoms with Gasteiger partial charge >= 0.3 is 6.18 Å². The van der Waals surface area contributed by atoms with Gasteiger partial charge in [-0.25, -0.2) is 4.98 Å². The number of fused-ring (bicyclic) bond motifs is 1. The van der Waals surface area contributed by atoms with E-state index in [0.717, 1.165) is 25.1 Å². The summed E-state index contributed by atoms with van der Waals surface area (Å²) in [6.07, 6.45) is -1.05. The fourth-order valence-corrected chi connectivity index (χ4v) is 4.07. The lowest BCUT2D eigenvalue weighted by atomic mass is 9.93. The van der Waals surface area contributed by atoms with Gasteiger partial charge in [-0.05, 0) is 42.5 Å². The molecule has 7 heteroatoms. The molecule has 1 saturated heterocycles. The van der Waals surface area contributed by atoms with Crippen LogP contribution in [-0.2, 0) is 23.9 Å². The Labute approximate surface area is 162 Å². The van der Waals surface area contributed by atoms with Crippen LogP contribution in [0.25, 0.3) is 0 Å². The Morgan fingerprint density at radius 2 is 1.75 bits per heavy atom. The number of pyridine rings is 1. The summed E-state index contributed by atoms with van der Waals surface area (Å²) in [7, 11) is 0. The summed E-state index contributed by atoms with van der Waals surface area (Å²) in [4.78, 5) is 20.8. The molecule has 0 bridgehead atoms. The molecule has 28 heavy (non-hydrogen) atoms. The highest BCUT2D eigenvalue weighted by Gasteiger charge is 2.33. The van der Waals surface area contributed by atoms with Crippen molar-refractivity contribution in [1.29, 1.82) is 0 Å². The zero-order valence-electron chi connectivity index (χ0n) is 15.5. The minimum absolute atomic E-state index is 0.0766. The van der Waals surface area contributed by atoms with E-state index in [4.69, 9.17) is 0 Å². The van der Waals surface area contributed by atoms with E-state index >= 15 is 0 Å². The molecule has 0 radical (unpaired) electrons. The van der Waals surface area contributed by atoms with Crippen molar-refractivity contribution >= 4 is 11.7 Å². The topological polar surface area (TPSA) is 36.4 Å². The Bertz CT molecular complexity index is 860. The first-order valence-electron chi connectivity index (χ1n) is 9.55. The summed E-state index contributed by atoms with van der Waals surface area (Å²) < 4.78 is 38.8. The zero-order chi connectivity index (χ0) is 19.7. The third-order valence-electron chi connectivity index (χ3n) is 5.68. The third kappa shape index (κ3) is 3.84. The second-order valence-electron chi connectivity index (χ2n) is 7.44. The van der Waals surface area contributed by atoms with E-state index < -0.39 is 11.7 Å². The van der Waals surface area contributed by atoms with Crippen LogP contribution in [-0.4, -0.2) is 35.4 Å². The van der Waals surface area contributed by atoms with Crippen LogP contribution in [0.4, 0.5) is 19.0 Å². The third-order valence-corrected chi connectivity index (χ3v) is 5.68. The predicted molar refractivity (Wildman–Crippen MR) is 99.7 cm³/mol. The molecule has 2 aliphatic heterocycles. The molecular formula is C21H22F3N3O. The van der Waals surface area contributed by atoms with Gasteiger partial charge in [0.25, 0.3) is 0 Å². The molecule has 0 unspecified atom stereocenters. The first-order chi connectivity index (χ1) is 13.4. The van der Waals surface area contributed by atoms with Gasteiger partial charge in [0.1, 0.15) is 5.82 Å². The molecule has 2 aliphatic rings. The van der Waals surface area contributed by atoms with Crippen LogP contribution in [0.15, 0.2) is 42.6 Å². The van der Waals surface area contributed by atoms with E-state index in [0.29, 0.717) is 38.3 Å². The molecule has 0 atom stereocenters. The highest BCUT2D eigenvalue weighted by atomic mass is 19.4. The maximum atomic E-state index is 12.9. The number of halogens is 3. The second-order valence-corrected chi connectivity index (χ2v) is 7.44. The Hall–Kier alpha value is -2.57. The lowest BCUT2D eigenvalue weighted by Crippen LogP contribution is -2.44. The van der Waals surface area contributed by atoms with Gasteiger partial charge in [-0.2, -0.15) is 13.2 Å². The van der Waals surface area contributed by atoms with Gasteiger partial charge in [-0.3, -0.25) is 4.79 Å². The average molecular weight is 389 g/mol. The summed E-state index contributed by atoms with van der Waals surface area (Å²) >= 11 is 0. The minimum atomic E-state index is -4.38. The summed E-state index contributed by atoms with van der Waals surface area (Å²) in [5.41, 5.74) is 1.81. The molecule has 0 spiro atoms. The van der Waals surface area contributed by atoms with Crippen molar-refractivity contribution in [3.63, 3.8) is 0 Å². The van der Waals surface area contributed by atoms with Gasteiger partial charge in [0.05, 0.1) is 5.56 Å². The number of benzene rings is 1. The Morgan fingerprint density at radius 3 is 2.46 bits per heavy atom. The summed E-state index contributed by atoms with van der Waals surface area (Å²) in [6, 6.07) is 10.3. The number of aromatic nitrogens is 1. The molecule has 1 aromatic carbocycles. The molecule has 2 aromatic rings. The van der Waals surface area contributed by atoms with Gasteiger partial charge in [0.2, 0.25) is 5.91 Å². The molecule has 1 fully saturated rings. The van der Waals surface area contributed by atoms with Crippen LogP contribution in [0.3, 0.4) is 0 Å². The lowest BCUT2D eigenvalue weighted by Gasteiger charge is -2.36. The smallest absolute Gasteiger partial charge is 0.357 e. The van der Waals surface area contributed by atoms with Crippen LogP contribution in [0.1, 0.15) is 29.5 Å². The van der Waals surface area contributed by atoms with Gasteiger partial charge in [0, 0.05) is 38.3 Å². The number of hydrogen-bond acceptors (Lipinski definition) is 3. The minimum Gasteiger partial charge on any atom is -0.357 e. The van der Waals surface area contributed by atoms with Crippen molar-refractivity contribution in [2.24, 2.45) is 5.92 Å². The highest BCUT2D eigenvalue weighted by Crippen LogP contribution is 2.32. The number of nitrogens with zero attached hydrogens (tertiary/aromatic N) is 3. The van der Waals surface area contributed by atoms with Crippen molar-refractivity contribution in [1.82, 2.24) is 9.88 Å². The summed E-state index contributed by atoms with van der Waals surface area (Å²) in [5.74, 6) is 0.408. The molecule has 4 rings (SSSR count). The second kappa shape index (κ2) is 7.45. The number of rotatable bonds is 2. The first-order valence-corrected chi connectivity index (χ1v) is 9.55. The SMILES string of the molecule is O=C(C1CCN(c2cc(C(F)(F)F)ccn2)CC1)N1CCc2ccccc2C1. The number of carbonyl (C=O) groups excluding carboxylic acids is 1.